The van der Waals surface area contributed by atoms with Gasteiger partial charge in [0.1, 0.15) is 24.4 Å². The summed E-state index contributed by atoms with van der Waals surface area (Å²) in [5.41, 5.74) is 0. The van der Waals surface area contributed by atoms with Crippen molar-refractivity contribution in [1.82, 2.24) is 0 Å². The molecule has 5 unspecified atom stereocenters. The van der Waals surface area contributed by atoms with E-state index in [2.05, 4.69) is 6.92 Å². The maximum atomic E-state index is 15.1. The maximum Gasteiger partial charge on any atom is 0.186 e. The van der Waals surface area contributed by atoms with Gasteiger partial charge in [0, 0.05) is 11.8 Å². The highest BCUT2D eigenvalue weighted by Crippen LogP contribution is 2.26. The number of hydrogen-bond acceptors (Lipinski definition) is 9. The standard InChI is InChI=1S/C39H73FO9/c1-2-3-4-5-6-7-8-9-10-15-18-21-24-33(42)35(43)31(29-48-39-38(46)37(45)36(44)34(26-41)49-39)25-32(40)23-20-17-14-12-11-13-16-19-22-30-27-47-28-30/h25,30-31,33-39,41-46H,2-24,26-29H2,1H3/b32-25+/t31-,33+,34?,35-,36?,37?,38?,39?/m0/s1. The van der Waals surface area contributed by atoms with Crippen LogP contribution >= 0.6 is 0 Å². The van der Waals surface area contributed by atoms with E-state index in [9.17, 15) is 30.6 Å². The molecule has 2 saturated heterocycles. The van der Waals surface area contributed by atoms with E-state index in [1.165, 1.54) is 89.5 Å². The average molecular weight is 705 g/mol. The van der Waals surface area contributed by atoms with E-state index in [0.717, 1.165) is 64.1 Å². The average Bonchev–Trinajstić information content (AvgIpc) is 3.07. The molecule has 0 saturated carbocycles. The molecule has 0 radical (unpaired) electrons. The van der Waals surface area contributed by atoms with E-state index in [-0.39, 0.29) is 18.9 Å². The summed E-state index contributed by atoms with van der Waals surface area (Å²) < 4.78 is 31.5. The fraction of sp³-hybridized carbons (Fsp3) is 0.949. The van der Waals surface area contributed by atoms with E-state index in [0.29, 0.717) is 12.8 Å². The molecule has 2 rings (SSSR count). The molecule has 2 heterocycles. The molecule has 0 bridgehead atoms. The van der Waals surface area contributed by atoms with Gasteiger partial charge in [0.25, 0.3) is 0 Å². The second kappa shape index (κ2) is 27.9. The van der Waals surface area contributed by atoms with Gasteiger partial charge in [-0.15, -0.1) is 0 Å². The minimum atomic E-state index is -1.61. The first kappa shape index (κ1) is 44.5. The molecule has 49 heavy (non-hydrogen) atoms. The normalized spacial score (nSPS) is 25.3. The summed E-state index contributed by atoms with van der Waals surface area (Å²) in [5, 5.41) is 62.0. The van der Waals surface area contributed by atoms with E-state index < -0.39 is 55.4 Å². The molecule has 0 spiro atoms. The van der Waals surface area contributed by atoms with Gasteiger partial charge in [-0.1, -0.05) is 129 Å². The number of rotatable bonds is 31. The van der Waals surface area contributed by atoms with Gasteiger partial charge >= 0.3 is 0 Å². The summed E-state index contributed by atoms with van der Waals surface area (Å²) in [6, 6.07) is 0. The van der Waals surface area contributed by atoms with Crippen LogP contribution in [-0.4, -0.2) is 100.0 Å². The first-order chi connectivity index (χ1) is 23.8. The Balaban J connectivity index is 1.75. The zero-order valence-electron chi connectivity index (χ0n) is 30.7. The summed E-state index contributed by atoms with van der Waals surface area (Å²) >= 11 is 0. The largest absolute Gasteiger partial charge is 0.394 e. The summed E-state index contributed by atoms with van der Waals surface area (Å²) in [7, 11) is 0. The molecule has 0 amide bonds. The van der Waals surface area contributed by atoms with E-state index in [1.807, 2.05) is 0 Å². The van der Waals surface area contributed by atoms with Crippen molar-refractivity contribution < 1.29 is 49.2 Å². The van der Waals surface area contributed by atoms with Crippen LogP contribution in [0, 0.1) is 11.8 Å². The Morgan fingerprint density at radius 3 is 1.80 bits per heavy atom. The monoisotopic (exact) mass is 705 g/mol. The lowest BCUT2D eigenvalue weighted by molar-refractivity contribution is -0.303. The molecule has 2 aliphatic rings. The van der Waals surface area contributed by atoms with Gasteiger partial charge in [-0.2, -0.15) is 0 Å². The number of allylic oxidation sites excluding steroid dienone is 1. The highest BCUT2D eigenvalue weighted by molar-refractivity contribution is 5.00. The third-order valence-corrected chi connectivity index (χ3v) is 10.4. The second-order valence-corrected chi connectivity index (χ2v) is 14.8. The Hall–Kier alpha value is -0.690. The third-order valence-electron chi connectivity index (χ3n) is 10.4. The number of aliphatic hydroxyl groups is 6. The third kappa shape index (κ3) is 19.1. The van der Waals surface area contributed by atoms with Crippen LogP contribution in [0.25, 0.3) is 0 Å². The number of unbranched alkanes of at least 4 members (excludes halogenated alkanes) is 18. The van der Waals surface area contributed by atoms with Crippen LogP contribution in [0.4, 0.5) is 4.39 Å². The van der Waals surface area contributed by atoms with E-state index in [4.69, 9.17) is 14.2 Å². The highest BCUT2D eigenvalue weighted by atomic mass is 19.1. The zero-order chi connectivity index (χ0) is 35.7. The first-order valence-electron chi connectivity index (χ1n) is 20.0. The Morgan fingerprint density at radius 2 is 1.27 bits per heavy atom. The van der Waals surface area contributed by atoms with Crippen molar-refractivity contribution in [1.29, 1.82) is 0 Å². The van der Waals surface area contributed by atoms with Gasteiger partial charge in [0.2, 0.25) is 0 Å². The van der Waals surface area contributed by atoms with Crippen LogP contribution in [0.2, 0.25) is 0 Å². The van der Waals surface area contributed by atoms with E-state index >= 15 is 4.39 Å². The number of ether oxygens (including phenoxy) is 3. The minimum Gasteiger partial charge on any atom is -0.394 e. The molecular formula is C39H73FO9. The molecule has 0 aromatic rings. The topological polar surface area (TPSA) is 149 Å². The lowest BCUT2D eigenvalue weighted by Gasteiger charge is -2.40. The number of halogens is 1. The van der Waals surface area contributed by atoms with Crippen LogP contribution in [0.5, 0.6) is 0 Å². The van der Waals surface area contributed by atoms with Crippen LogP contribution < -0.4 is 0 Å². The zero-order valence-corrected chi connectivity index (χ0v) is 30.7. The summed E-state index contributed by atoms with van der Waals surface area (Å²) in [5.74, 6) is -0.546. The van der Waals surface area contributed by atoms with Crippen LogP contribution in [-0.2, 0) is 14.2 Å². The summed E-state index contributed by atoms with van der Waals surface area (Å²) in [6.45, 7) is 3.20. The van der Waals surface area contributed by atoms with Crippen molar-refractivity contribution >= 4 is 0 Å². The van der Waals surface area contributed by atoms with Crippen LogP contribution in [0.1, 0.15) is 155 Å². The van der Waals surface area contributed by atoms with Gasteiger partial charge in [0.05, 0.1) is 44.5 Å². The van der Waals surface area contributed by atoms with Gasteiger partial charge in [-0.3, -0.25) is 0 Å². The summed E-state index contributed by atoms with van der Waals surface area (Å²) in [6.07, 6.45) is 16.5. The Kier molecular flexibility index (Phi) is 25.3. The number of hydrogen-bond donors (Lipinski definition) is 6. The van der Waals surface area contributed by atoms with Crippen molar-refractivity contribution in [3.63, 3.8) is 0 Å². The van der Waals surface area contributed by atoms with Gasteiger partial charge < -0.3 is 44.8 Å². The Bertz CT molecular complexity index is 811. The van der Waals surface area contributed by atoms with Crippen LogP contribution in [0.15, 0.2) is 11.9 Å². The fourth-order valence-electron chi connectivity index (χ4n) is 6.86. The minimum absolute atomic E-state index is 0.224. The second-order valence-electron chi connectivity index (χ2n) is 14.8. The molecule has 8 atom stereocenters. The SMILES string of the molecule is CCCCCCCCCCCCCC[C@@H](O)[C@@H](O)[C@@H](/C=C(/F)CCCCCCCCCCC1COC1)COC1OC(CO)C(O)C(O)C1O. The van der Waals surface area contributed by atoms with E-state index in [1.54, 1.807) is 0 Å². The molecule has 9 nitrogen and oxygen atoms in total. The fourth-order valence-corrected chi connectivity index (χ4v) is 6.86. The Morgan fingerprint density at radius 1 is 0.735 bits per heavy atom. The molecule has 2 fully saturated rings. The molecule has 0 aliphatic carbocycles. The molecule has 10 heteroatoms. The lowest BCUT2D eigenvalue weighted by atomic mass is 9.93. The predicted octanol–water partition coefficient (Wildman–Crippen LogP) is 6.63. The molecule has 6 N–H and O–H groups in total. The number of aliphatic hydroxyl groups excluding tert-OH is 6. The van der Waals surface area contributed by atoms with Crippen molar-refractivity contribution in [3.05, 3.63) is 11.9 Å². The van der Waals surface area contributed by atoms with Crippen LogP contribution in [0.3, 0.4) is 0 Å². The lowest BCUT2D eigenvalue weighted by Crippen LogP contribution is -2.59. The smallest absolute Gasteiger partial charge is 0.186 e. The molecular weight excluding hydrogens is 631 g/mol. The van der Waals surface area contributed by atoms with Gasteiger partial charge in [0.15, 0.2) is 6.29 Å². The molecule has 0 aromatic carbocycles. The molecule has 2 aliphatic heterocycles. The predicted molar refractivity (Wildman–Crippen MR) is 191 cm³/mol. The van der Waals surface area contributed by atoms with Gasteiger partial charge in [-0.05, 0) is 31.8 Å². The van der Waals surface area contributed by atoms with Crippen molar-refractivity contribution in [3.8, 4) is 0 Å². The maximum absolute atomic E-state index is 15.1. The summed E-state index contributed by atoms with van der Waals surface area (Å²) in [4.78, 5) is 0. The quantitative estimate of drug-likeness (QED) is 0.0437. The highest BCUT2D eigenvalue weighted by Gasteiger charge is 2.44. The Labute approximate surface area is 296 Å². The molecule has 0 aromatic heterocycles. The van der Waals surface area contributed by atoms with Crippen molar-refractivity contribution in [2.45, 2.75) is 198 Å². The first-order valence-corrected chi connectivity index (χ1v) is 20.0. The van der Waals surface area contributed by atoms with Gasteiger partial charge in [-0.25, -0.2) is 4.39 Å². The molecule has 290 valence electrons. The van der Waals surface area contributed by atoms with Crippen molar-refractivity contribution in [2.24, 2.45) is 11.8 Å². The van der Waals surface area contributed by atoms with Crippen molar-refractivity contribution in [2.75, 3.05) is 26.4 Å².